The second-order valence-corrected chi connectivity index (χ2v) is 8.64. The van der Waals surface area contributed by atoms with Crippen LogP contribution in [0.5, 0.6) is 0 Å². The number of nitrogens with zero attached hydrogens (tertiary/aromatic N) is 2. The van der Waals surface area contributed by atoms with E-state index in [2.05, 4.69) is 48.3 Å². The molecule has 30 heavy (non-hydrogen) atoms. The standard InChI is InChI=1S/C25H21ClN2OS/c1-16-9-12-18(13-10-16)22-23(19-7-5-4-6-8-19)30-25(28(22)3)27-24(29)20-14-11-17(2)15-21(20)26/h4-15H,1-3H3. The summed E-state index contributed by atoms with van der Waals surface area (Å²) < 4.78 is 1.98. The fourth-order valence-electron chi connectivity index (χ4n) is 3.32. The van der Waals surface area contributed by atoms with Gasteiger partial charge in [0.15, 0.2) is 4.80 Å². The molecule has 0 aliphatic heterocycles. The second kappa shape index (κ2) is 8.42. The SMILES string of the molecule is Cc1ccc(-c2c(-c3ccccc3)sc(=NC(=O)c3ccc(C)cc3Cl)n2C)cc1. The van der Waals surface area contributed by atoms with Gasteiger partial charge in [0.1, 0.15) is 0 Å². The molecule has 0 spiro atoms. The molecule has 0 unspecified atom stereocenters. The third-order valence-electron chi connectivity index (χ3n) is 4.94. The van der Waals surface area contributed by atoms with Crippen molar-refractivity contribution in [1.82, 2.24) is 4.57 Å². The Hall–Kier alpha value is -2.95. The predicted octanol–water partition coefficient (Wildman–Crippen LogP) is 6.43. The highest BCUT2D eigenvalue weighted by molar-refractivity contribution is 7.13. The van der Waals surface area contributed by atoms with Crippen LogP contribution in [0.4, 0.5) is 0 Å². The van der Waals surface area contributed by atoms with Gasteiger partial charge in [-0.25, -0.2) is 0 Å². The molecule has 3 aromatic carbocycles. The van der Waals surface area contributed by atoms with Gasteiger partial charge in [-0.1, -0.05) is 89.2 Å². The Morgan fingerprint density at radius 2 is 1.57 bits per heavy atom. The van der Waals surface area contributed by atoms with Gasteiger partial charge in [0.25, 0.3) is 5.91 Å². The van der Waals surface area contributed by atoms with Crippen molar-refractivity contribution in [3.8, 4) is 21.7 Å². The summed E-state index contributed by atoms with van der Waals surface area (Å²) in [5, 5.41) is 0.421. The Kier molecular flexibility index (Phi) is 5.71. The molecule has 0 bridgehead atoms. The maximum Gasteiger partial charge on any atom is 0.281 e. The fraction of sp³-hybridized carbons (Fsp3) is 0.120. The normalized spacial score (nSPS) is 11.7. The van der Waals surface area contributed by atoms with E-state index < -0.39 is 0 Å². The number of carbonyl (C=O) groups excluding carboxylic acids is 1. The number of rotatable bonds is 3. The number of carbonyl (C=O) groups is 1. The van der Waals surface area contributed by atoms with Gasteiger partial charge in [0, 0.05) is 7.05 Å². The largest absolute Gasteiger partial charge is 0.319 e. The highest BCUT2D eigenvalue weighted by Gasteiger charge is 2.17. The first-order valence-electron chi connectivity index (χ1n) is 9.61. The van der Waals surface area contributed by atoms with Crippen LogP contribution in [0, 0.1) is 13.8 Å². The number of amides is 1. The molecule has 0 saturated heterocycles. The van der Waals surface area contributed by atoms with Crippen molar-refractivity contribution in [2.75, 3.05) is 0 Å². The topological polar surface area (TPSA) is 34.4 Å². The number of halogens is 1. The summed E-state index contributed by atoms with van der Waals surface area (Å²) in [5.74, 6) is -0.341. The van der Waals surface area contributed by atoms with Crippen molar-refractivity contribution in [1.29, 1.82) is 0 Å². The van der Waals surface area contributed by atoms with Crippen molar-refractivity contribution in [3.05, 3.63) is 99.3 Å². The predicted molar refractivity (Wildman–Crippen MR) is 125 cm³/mol. The lowest BCUT2D eigenvalue weighted by atomic mass is 10.1. The summed E-state index contributed by atoms with van der Waals surface area (Å²) >= 11 is 7.79. The van der Waals surface area contributed by atoms with Crippen LogP contribution in [0.3, 0.4) is 0 Å². The lowest BCUT2D eigenvalue weighted by molar-refractivity contribution is 0.0998. The van der Waals surface area contributed by atoms with Gasteiger partial charge in [-0.2, -0.15) is 4.99 Å². The van der Waals surface area contributed by atoms with Gasteiger partial charge < -0.3 is 4.57 Å². The van der Waals surface area contributed by atoms with E-state index in [0.29, 0.717) is 15.4 Å². The van der Waals surface area contributed by atoms with Gasteiger partial charge in [-0.15, -0.1) is 0 Å². The van der Waals surface area contributed by atoms with Crippen LogP contribution in [0.15, 0.2) is 77.8 Å². The molecule has 1 amide bonds. The van der Waals surface area contributed by atoms with Gasteiger partial charge in [-0.3, -0.25) is 4.79 Å². The van der Waals surface area contributed by atoms with E-state index in [1.54, 1.807) is 12.1 Å². The van der Waals surface area contributed by atoms with Crippen molar-refractivity contribution < 1.29 is 4.79 Å². The van der Waals surface area contributed by atoms with Crippen LogP contribution < -0.4 is 4.80 Å². The van der Waals surface area contributed by atoms with Crippen LogP contribution in [-0.4, -0.2) is 10.5 Å². The molecule has 0 fully saturated rings. The molecule has 0 atom stereocenters. The minimum atomic E-state index is -0.341. The van der Waals surface area contributed by atoms with Crippen LogP contribution in [0.25, 0.3) is 21.7 Å². The quantitative estimate of drug-likeness (QED) is 0.367. The molecule has 150 valence electrons. The van der Waals surface area contributed by atoms with Gasteiger partial charge in [0.2, 0.25) is 0 Å². The van der Waals surface area contributed by atoms with Crippen molar-refractivity contribution in [2.24, 2.45) is 12.0 Å². The van der Waals surface area contributed by atoms with Gasteiger partial charge in [-0.05, 0) is 42.7 Å². The van der Waals surface area contributed by atoms with E-state index in [1.807, 2.05) is 42.8 Å². The third kappa shape index (κ3) is 4.02. The first kappa shape index (κ1) is 20.3. The summed E-state index contributed by atoms with van der Waals surface area (Å²) in [6.07, 6.45) is 0. The number of aryl methyl sites for hydroxylation is 2. The van der Waals surface area contributed by atoms with Gasteiger partial charge in [0.05, 0.1) is 21.2 Å². The smallest absolute Gasteiger partial charge is 0.281 e. The average molecular weight is 433 g/mol. The number of aromatic nitrogens is 1. The first-order chi connectivity index (χ1) is 14.4. The molecule has 0 saturated carbocycles. The van der Waals surface area contributed by atoms with Gasteiger partial charge >= 0.3 is 0 Å². The lowest BCUT2D eigenvalue weighted by Gasteiger charge is -2.08. The minimum Gasteiger partial charge on any atom is -0.319 e. The van der Waals surface area contributed by atoms with E-state index in [0.717, 1.165) is 27.3 Å². The second-order valence-electron chi connectivity index (χ2n) is 7.25. The highest BCUT2D eigenvalue weighted by atomic mass is 35.5. The van der Waals surface area contributed by atoms with E-state index in [-0.39, 0.29) is 5.91 Å². The average Bonchev–Trinajstić information content (AvgIpc) is 3.05. The molecule has 3 nitrogen and oxygen atoms in total. The molecule has 1 aromatic heterocycles. The molecule has 0 radical (unpaired) electrons. The molecule has 4 rings (SSSR count). The zero-order valence-corrected chi connectivity index (χ0v) is 18.6. The summed E-state index contributed by atoms with van der Waals surface area (Å²) in [6.45, 7) is 4.01. The number of hydrogen-bond donors (Lipinski definition) is 0. The molecule has 0 aliphatic carbocycles. The van der Waals surface area contributed by atoms with E-state index in [9.17, 15) is 4.79 Å². The number of thiazole rings is 1. The van der Waals surface area contributed by atoms with Crippen LogP contribution in [-0.2, 0) is 7.05 Å². The molecule has 0 N–H and O–H groups in total. The zero-order valence-electron chi connectivity index (χ0n) is 17.0. The molecular weight excluding hydrogens is 412 g/mol. The summed E-state index contributed by atoms with van der Waals surface area (Å²) in [6, 6.07) is 24.0. The molecule has 4 aromatic rings. The van der Waals surface area contributed by atoms with Crippen LogP contribution in [0.2, 0.25) is 5.02 Å². The fourth-order valence-corrected chi connectivity index (χ4v) is 4.78. The lowest BCUT2D eigenvalue weighted by Crippen LogP contribution is -2.14. The third-order valence-corrected chi connectivity index (χ3v) is 6.44. The number of hydrogen-bond acceptors (Lipinski definition) is 2. The molecule has 0 aliphatic rings. The van der Waals surface area contributed by atoms with Crippen LogP contribution >= 0.6 is 22.9 Å². The maximum absolute atomic E-state index is 12.9. The Morgan fingerprint density at radius 1 is 0.900 bits per heavy atom. The molecule has 1 heterocycles. The summed E-state index contributed by atoms with van der Waals surface area (Å²) in [7, 11) is 1.95. The van der Waals surface area contributed by atoms with Crippen molar-refractivity contribution >= 4 is 28.8 Å². The monoisotopic (exact) mass is 432 g/mol. The van der Waals surface area contributed by atoms with Crippen LogP contribution in [0.1, 0.15) is 21.5 Å². The number of benzene rings is 3. The Balaban J connectivity index is 1.90. The Morgan fingerprint density at radius 3 is 2.23 bits per heavy atom. The molecule has 5 heteroatoms. The maximum atomic E-state index is 12.9. The van der Waals surface area contributed by atoms with Crippen molar-refractivity contribution in [2.45, 2.75) is 13.8 Å². The van der Waals surface area contributed by atoms with E-state index in [1.165, 1.54) is 16.9 Å². The minimum absolute atomic E-state index is 0.341. The molecular formula is C25H21ClN2OS. The van der Waals surface area contributed by atoms with E-state index >= 15 is 0 Å². The highest BCUT2D eigenvalue weighted by Crippen LogP contribution is 2.34. The first-order valence-corrected chi connectivity index (χ1v) is 10.8. The van der Waals surface area contributed by atoms with E-state index in [4.69, 9.17) is 11.6 Å². The van der Waals surface area contributed by atoms with Crippen molar-refractivity contribution in [3.63, 3.8) is 0 Å². The Bertz CT molecular complexity index is 1290. The summed E-state index contributed by atoms with van der Waals surface area (Å²) in [5.41, 5.74) is 5.83. The Labute approximate surface area is 184 Å². The summed E-state index contributed by atoms with van der Waals surface area (Å²) in [4.78, 5) is 19.0. The zero-order chi connectivity index (χ0) is 21.3.